The van der Waals surface area contributed by atoms with Gasteiger partial charge in [-0.25, -0.2) is 4.39 Å². The summed E-state index contributed by atoms with van der Waals surface area (Å²) in [4.78, 5) is 11.0. The van der Waals surface area contributed by atoms with Crippen molar-refractivity contribution in [3.63, 3.8) is 0 Å². The summed E-state index contributed by atoms with van der Waals surface area (Å²) in [7, 11) is 1.23. The smallest absolute Gasteiger partial charge is 0.307 e. The maximum absolute atomic E-state index is 12.9. The molecule has 1 atom stereocenters. The fraction of sp³-hybridized carbons (Fsp3) is 0.300. The molecule has 3 N–H and O–H groups in total. The molecule has 1 aromatic carbocycles. The van der Waals surface area contributed by atoms with Crippen molar-refractivity contribution in [2.45, 2.75) is 12.5 Å². The predicted molar refractivity (Wildman–Crippen MR) is 63.9 cm³/mol. The average Bonchev–Trinajstić information content (AvgIpc) is 2.25. The predicted octanol–water partition coefficient (Wildman–Crippen LogP) is 2.17. The molecule has 0 aliphatic rings. The van der Waals surface area contributed by atoms with E-state index in [-0.39, 0.29) is 24.4 Å². The lowest BCUT2D eigenvalue weighted by molar-refractivity contribution is -0.141. The quantitative estimate of drug-likeness (QED) is 0.834. The highest BCUT2D eigenvalue weighted by molar-refractivity contribution is 6.32. The van der Waals surface area contributed by atoms with E-state index >= 15 is 0 Å². The molecule has 0 saturated heterocycles. The lowest BCUT2D eigenvalue weighted by Crippen LogP contribution is -2.16. The molecule has 4 nitrogen and oxygen atoms in total. The summed E-state index contributed by atoms with van der Waals surface area (Å²) in [6, 6.07) is 1.57. The van der Waals surface area contributed by atoms with Crippen LogP contribution >= 0.6 is 24.0 Å². The number of phenols is 1. The van der Waals surface area contributed by atoms with Gasteiger partial charge in [0.2, 0.25) is 0 Å². The van der Waals surface area contributed by atoms with Crippen LogP contribution in [0.15, 0.2) is 12.1 Å². The summed E-state index contributed by atoms with van der Waals surface area (Å²) in [5, 5.41) is 9.13. The van der Waals surface area contributed by atoms with Gasteiger partial charge in [0.05, 0.1) is 13.5 Å². The standard InChI is InChI=1S/C10H11ClFNO3.ClH/c1-16-8(14)4-7(13)5-2-3-6(12)9(11)10(5)15;/h2-3,7,15H,4,13H2,1H3;1H/t7-;/m0./s1. The van der Waals surface area contributed by atoms with E-state index < -0.39 is 28.6 Å². The number of rotatable bonds is 3. The van der Waals surface area contributed by atoms with E-state index in [1.807, 2.05) is 0 Å². The van der Waals surface area contributed by atoms with Crippen LogP contribution in [-0.4, -0.2) is 18.2 Å². The SMILES string of the molecule is COC(=O)C[C@H](N)c1ccc(F)c(Cl)c1O.Cl. The van der Waals surface area contributed by atoms with E-state index in [9.17, 15) is 14.3 Å². The Morgan fingerprint density at radius 3 is 2.76 bits per heavy atom. The van der Waals surface area contributed by atoms with Crippen LogP contribution in [0.4, 0.5) is 4.39 Å². The highest BCUT2D eigenvalue weighted by Crippen LogP contribution is 2.33. The van der Waals surface area contributed by atoms with Crippen LogP contribution in [0.2, 0.25) is 5.02 Å². The molecule has 0 aliphatic heterocycles. The van der Waals surface area contributed by atoms with Crippen molar-refractivity contribution in [1.29, 1.82) is 0 Å². The first kappa shape index (κ1) is 16.0. The molecule has 96 valence electrons. The van der Waals surface area contributed by atoms with Gasteiger partial charge in [0, 0.05) is 11.6 Å². The molecule has 0 spiro atoms. The number of ether oxygens (including phenoxy) is 1. The van der Waals surface area contributed by atoms with Gasteiger partial charge < -0.3 is 15.6 Å². The Labute approximate surface area is 109 Å². The highest BCUT2D eigenvalue weighted by Gasteiger charge is 2.18. The number of nitrogens with two attached hydrogens (primary N) is 1. The van der Waals surface area contributed by atoms with E-state index in [2.05, 4.69) is 4.74 Å². The molecule has 0 radical (unpaired) electrons. The van der Waals surface area contributed by atoms with Crippen LogP contribution in [0, 0.1) is 5.82 Å². The summed E-state index contributed by atoms with van der Waals surface area (Å²) >= 11 is 5.50. The van der Waals surface area contributed by atoms with Gasteiger partial charge in [0.1, 0.15) is 16.6 Å². The number of hydrogen-bond acceptors (Lipinski definition) is 4. The third-order valence-corrected chi connectivity index (χ3v) is 2.47. The summed E-state index contributed by atoms with van der Waals surface area (Å²) < 4.78 is 17.4. The largest absolute Gasteiger partial charge is 0.506 e. The van der Waals surface area contributed by atoms with Crippen molar-refractivity contribution in [2.24, 2.45) is 5.73 Å². The van der Waals surface area contributed by atoms with Crippen molar-refractivity contribution in [1.82, 2.24) is 0 Å². The van der Waals surface area contributed by atoms with E-state index in [4.69, 9.17) is 17.3 Å². The van der Waals surface area contributed by atoms with Crippen LogP contribution in [-0.2, 0) is 9.53 Å². The maximum Gasteiger partial charge on any atom is 0.307 e. The first-order valence-corrected chi connectivity index (χ1v) is 4.84. The summed E-state index contributed by atoms with van der Waals surface area (Å²) in [5.74, 6) is -1.71. The van der Waals surface area contributed by atoms with Crippen LogP contribution in [0.5, 0.6) is 5.75 Å². The van der Waals surface area contributed by atoms with Gasteiger partial charge in [-0.15, -0.1) is 12.4 Å². The number of benzene rings is 1. The maximum atomic E-state index is 12.9. The Balaban J connectivity index is 0.00000256. The third kappa shape index (κ3) is 3.73. The molecular weight excluding hydrogens is 272 g/mol. The number of hydrogen-bond donors (Lipinski definition) is 2. The Kier molecular flexibility index (Phi) is 6.23. The van der Waals surface area contributed by atoms with Gasteiger partial charge in [-0.05, 0) is 6.07 Å². The first-order valence-electron chi connectivity index (χ1n) is 4.46. The molecule has 0 saturated carbocycles. The number of esters is 1. The van der Waals surface area contributed by atoms with Gasteiger partial charge in [-0.1, -0.05) is 17.7 Å². The molecule has 7 heteroatoms. The summed E-state index contributed by atoms with van der Waals surface area (Å²) in [5.41, 5.74) is 5.85. The minimum Gasteiger partial charge on any atom is -0.506 e. The Bertz CT molecular complexity index is 415. The average molecular weight is 284 g/mol. The van der Waals surface area contributed by atoms with Crippen molar-refractivity contribution < 1.29 is 19.0 Å². The van der Waals surface area contributed by atoms with Crippen molar-refractivity contribution in [3.05, 3.63) is 28.5 Å². The van der Waals surface area contributed by atoms with E-state index in [0.29, 0.717) is 0 Å². The fourth-order valence-corrected chi connectivity index (χ4v) is 1.40. The number of phenolic OH excluding ortho intramolecular Hbond substituents is 1. The molecular formula is C10H12Cl2FNO3. The number of methoxy groups -OCH3 is 1. The second kappa shape index (κ2) is 6.64. The second-order valence-electron chi connectivity index (χ2n) is 3.19. The van der Waals surface area contributed by atoms with Crippen LogP contribution in [0.25, 0.3) is 0 Å². The minimum atomic E-state index is -0.787. The normalized spacial score (nSPS) is 11.5. The van der Waals surface area contributed by atoms with Crippen molar-refractivity contribution in [3.8, 4) is 5.75 Å². The number of carbonyl (C=O) groups is 1. The molecule has 0 aromatic heterocycles. The molecule has 0 bridgehead atoms. The third-order valence-electron chi connectivity index (χ3n) is 2.11. The molecule has 1 aromatic rings. The molecule has 1 rings (SSSR count). The topological polar surface area (TPSA) is 72.5 Å². The highest BCUT2D eigenvalue weighted by atomic mass is 35.5. The second-order valence-corrected chi connectivity index (χ2v) is 3.56. The van der Waals surface area contributed by atoms with Gasteiger partial charge in [0.25, 0.3) is 0 Å². The zero-order valence-corrected chi connectivity index (χ0v) is 10.5. The lowest BCUT2D eigenvalue weighted by Gasteiger charge is -2.13. The van der Waals surface area contributed by atoms with Crippen LogP contribution in [0.3, 0.4) is 0 Å². The summed E-state index contributed by atoms with van der Waals surface area (Å²) in [6.45, 7) is 0. The van der Waals surface area contributed by atoms with E-state index in [1.54, 1.807) is 0 Å². The van der Waals surface area contributed by atoms with Crippen molar-refractivity contribution >= 4 is 30.0 Å². The Hall–Kier alpha value is -1.04. The Morgan fingerprint density at radius 2 is 2.24 bits per heavy atom. The van der Waals surface area contributed by atoms with Crippen LogP contribution < -0.4 is 5.73 Å². The monoisotopic (exact) mass is 283 g/mol. The lowest BCUT2D eigenvalue weighted by atomic mass is 10.0. The zero-order chi connectivity index (χ0) is 12.3. The number of carbonyl (C=O) groups excluding carboxylic acids is 1. The van der Waals surface area contributed by atoms with Crippen molar-refractivity contribution in [2.75, 3.05) is 7.11 Å². The molecule has 17 heavy (non-hydrogen) atoms. The Morgan fingerprint density at radius 1 is 1.65 bits per heavy atom. The van der Waals surface area contributed by atoms with Gasteiger partial charge in [-0.3, -0.25) is 4.79 Å². The van der Waals surface area contributed by atoms with E-state index in [0.717, 1.165) is 6.07 Å². The molecule has 0 heterocycles. The summed E-state index contributed by atoms with van der Waals surface area (Å²) in [6.07, 6.45) is -0.119. The first-order chi connectivity index (χ1) is 7.47. The fourth-order valence-electron chi connectivity index (χ4n) is 1.23. The van der Waals surface area contributed by atoms with Gasteiger partial charge >= 0.3 is 5.97 Å². The zero-order valence-electron chi connectivity index (χ0n) is 8.94. The van der Waals surface area contributed by atoms with Gasteiger partial charge in [-0.2, -0.15) is 0 Å². The van der Waals surface area contributed by atoms with Gasteiger partial charge in [0.15, 0.2) is 0 Å². The minimum absolute atomic E-state index is 0. The van der Waals surface area contributed by atoms with Crippen LogP contribution in [0.1, 0.15) is 18.0 Å². The van der Waals surface area contributed by atoms with E-state index in [1.165, 1.54) is 13.2 Å². The molecule has 0 amide bonds. The molecule has 0 fully saturated rings. The molecule has 0 aliphatic carbocycles. The number of aromatic hydroxyl groups is 1. The number of halogens is 3. The molecule has 0 unspecified atom stereocenters.